The van der Waals surface area contributed by atoms with Crippen molar-refractivity contribution in [3.63, 3.8) is 0 Å². The van der Waals surface area contributed by atoms with Gasteiger partial charge in [-0.1, -0.05) is 6.07 Å². The van der Waals surface area contributed by atoms with E-state index < -0.39 is 0 Å². The predicted molar refractivity (Wildman–Crippen MR) is 72.0 cm³/mol. The average Bonchev–Trinajstić information content (AvgIpc) is 2.72. The fourth-order valence-electron chi connectivity index (χ4n) is 1.67. The normalized spacial score (nSPS) is 10.9. The van der Waals surface area contributed by atoms with Gasteiger partial charge in [0.05, 0.1) is 27.8 Å². The lowest BCUT2D eigenvalue weighted by molar-refractivity contribution is 1.31. The fraction of sp³-hybridized carbons (Fsp3) is 0.0769. The Morgan fingerprint density at radius 2 is 2.06 bits per heavy atom. The third kappa shape index (κ3) is 1.87. The lowest BCUT2D eigenvalue weighted by Gasteiger charge is -1.94. The second-order valence-corrected chi connectivity index (χ2v) is 5.00. The number of fused-ring (bicyclic) bond motifs is 1. The number of nitrogens with zero attached hydrogens (tertiary/aromatic N) is 2. The Kier molecular flexibility index (Phi) is 2.30. The number of rotatable bonds is 1. The Balaban J connectivity index is 2.14. The van der Waals surface area contributed by atoms with Crippen LogP contribution < -0.4 is 5.73 Å². The number of hydrogen-bond acceptors (Lipinski definition) is 4. The van der Waals surface area contributed by atoms with Crippen molar-refractivity contribution in [1.82, 2.24) is 9.97 Å². The summed E-state index contributed by atoms with van der Waals surface area (Å²) in [5.41, 5.74) is 9.44. The number of aryl methyl sites for hydroxylation is 1. The van der Waals surface area contributed by atoms with E-state index in [1.807, 2.05) is 18.2 Å². The molecule has 0 saturated carbocycles. The zero-order chi connectivity index (χ0) is 11.8. The number of hydrogen-bond donors (Lipinski definition) is 1. The van der Waals surface area contributed by atoms with Gasteiger partial charge in [-0.05, 0) is 36.8 Å². The minimum Gasteiger partial charge on any atom is -0.397 e. The Bertz CT molecular complexity index is 671. The molecule has 0 saturated heterocycles. The van der Waals surface area contributed by atoms with E-state index in [2.05, 4.69) is 29.0 Å². The summed E-state index contributed by atoms with van der Waals surface area (Å²) in [6, 6.07) is 10.0. The first kappa shape index (κ1) is 10.2. The van der Waals surface area contributed by atoms with Gasteiger partial charge in [-0.25, -0.2) is 4.98 Å². The van der Waals surface area contributed by atoms with E-state index in [0.717, 1.165) is 16.2 Å². The maximum Gasteiger partial charge on any atom is 0.143 e. The van der Waals surface area contributed by atoms with E-state index in [9.17, 15) is 0 Å². The van der Waals surface area contributed by atoms with Gasteiger partial charge in [0.15, 0.2) is 0 Å². The average molecular weight is 241 g/mol. The summed E-state index contributed by atoms with van der Waals surface area (Å²) < 4.78 is 1.19. The van der Waals surface area contributed by atoms with Gasteiger partial charge in [0.2, 0.25) is 0 Å². The minimum absolute atomic E-state index is 0.672. The molecule has 3 rings (SSSR count). The predicted octanol–water partition coefficient (Wildman–Crippen LogP) is 3.25. The van der Waals surface area contributed by atoms with Crippen LogP contribution >= 0.6 is 11.3 Å². The first-order valence-electron chi connectivity index (χ1n) is 5.31. The first-order chi connectivity index (χ1) is 8.22. The number of benzene rings is 1. The van der Waals surface area contributed by atoms with Gasteiger partial charge in [-0.3, -0.25) is 4.98 Å². The zero-order valence-corrected chi connectivity index (χ0v) is 10.2. The molecule has 3 nitrogen and oxygen atoms in total. The van der Waals surface area contributed by atoms with Crippen LogP contribution in [0.1, 0.15) is 5.56 Å². The van der Waals surface area contributed by atoms with E-state index in [4.69, 9.17) is 5.73 Å². The van der Waals surface area contributed by atoms with Gasteiger partial charge in [0, 0.05) is 0 Å². The van der Waals surface area contributed by atoms with Crippen molar-refractivity contribution >= 4 is 27.2 Å². The largest absolute Gasteiger partial charge is 0.397 e. The Morgan fingerprint density at radius 1 is 1.18 bits per heavy atom. The summed E-state index contributed by atoms with van der Waals surface area (Å²) in [6.45, 7) is 2.08. The van der Waals surface area contributed by atoms with Crippen LogP contribution in [-0.4, -0.2) is 9.97 Å². The van der Waals surface area contributed by atoms with E-state index in [1.54, 1.807) is 17.5 Å². The Labute approximate surface area is 103 Å². The van der Waals surface area contributed by atoms with E-state index in [0.29, 0.717) is 5.69 Å². The summed E-state index contributed by atoms with van der Waals surface area (Å²) in [5.74, 6) is 0. The molecule has 0 aliphatic heterocycles. The van der Waals surface area contributed by atoms with Crippen LogP contribution in [0.15, 0.2) is 36.5 Å². The van der Waals surface area contributed by atoms with E-state index >= 15 is 0 Å². The SMILES string of the molecule is Cc1ccc2nc(-c3ccc(N)cn3)sc2c1. The summed E-state index contributed by atoms with van der Waals surface area (Å²) in [7, 11) is 0. The van der Waals surface area contributed by atoms with Crippen molar-refractivity contribution < 1.29 is 0 Å². The molecule has 0 bridgehead atoms. The lowest BCUT2D eigenvalue weighted by Crippen LogP contribution is -1.87. The minimum atomic E-state index is 0.672. The standard InChI is InChI=1S/C13H11N3S/c1-8-2-4-10-12(6-8)17-13(16-10)11-5-3-9(14)7-15-11/h2-7H,14H2,1H3. The molecule has 0 spiro atoms. The summed E-state index contributed by atoms with van der Waals surface area (Å²) >= 11 is 1.66. The molecule has 0 unspecified atom stereocenters. The molecule has 84 valence electrons. The van der Waals surface area contributed by atoms with Crippen LogP contribution in [0.3, 0.4) is 0 Å². The molecule has 0 amide bonds. The summed E-state index contributed by atoms with van der Waals surface area (Å²) in [4.78, 5) is 8.86. The molecule has 2 N–H and O–H groups in total. The fourth-order valence-corrected chi connectivity index (χ4v) is 2.71. The van der Waals surface area contributed by atoms with Crippen molar-refractivity contribution in [2.24, 2.45) is 0 Å². The van der Waals surface area contributed by atoms with Crippen molar-refractivity contribution in [3.8, 4) is 10.7 Å². The monoisotopic (exact) mass is 241 g/mol. The topological polar surface area (TPSA) is 51.8 Å². The lowest BCUT2D eigenvalue weighted by atomic mass is 10.2. The first-order valence-corrected chi connectivity index (χ1v) is 6.13. The number of anilines is 1. The van der Waals surface area contributed by atoms with Crippen LogP contribution in [0.2, 0.25) is 0 Å². The quantitative estimate of drug-likeness (QED) is 0.711. The molecule has 2 heterocycles. The second-order valence-electron chi connectivity index (χ2n) is 3.97. The van der Waals surface area contributed by atoms with E-state index in [-0.39, 0.29) is 0 Å². The maximum atomic E-state index is 5.62. The zero-order valence-electron chi connectivity index (χ0n) is 9.34. The number of nitrogen functional groups attached to an aromatic ring is 1. The van der Waals surface area contributed by atoms with Gasteiger partial charge in [-0.15, -0.1) is 11.3 Å². The van der Waals surface area contributed by atoms with Gasteiger partial charge in [0.1, 0.15) is 5.01 Å². The van der Waals surface area contributed by atoms with E-state index in [1.165, 1.54) is 10.3 Å². The maximum absolute atomic E-state index is 5.62. The van der Waals surface area contributed by atoms with Crippen LogP contribution in [0.4, 0.5) is 5.69 Å². The molecule has 1 aromatic carbocycles. The third-order valence-electron chi connectivity index (χ3n) is 2.55. The molecule has 0 atom stereocenters. The van der Waals surface area contributed by atoms with Crippen molar-refractivity contribution in [1.29, 1.82) is 0 Å². The highest BCUT2D eigenvalue weighted by atomic mass is 32.1. The van der Waals surface area contributed by atoms with Crippen LogP contribution in [-0.2, 0) is 0 Å². The number of thiazole rings is 1. The molecule has 4 heteroatoms. The smallest absolute Gasteiger partial charge is 0.143 e. The van der Waals surface area contributed by atoms with Crippen molar-refractivity contribution in [2.75, 3.05) is 5.73 Å². The molecule has 0 fully saturated rings. The summed E-state index contributed by atoms with van der Waals surface area (Å²) in [5, 5.41) is 0.936. The highest BCUT2D eigenvalue weighted by molar-refractivity contribution is 7.21. The van der Waals surface area contributed by atoms with Crippen LogP contribution in [0, 0.1) is 6.92 Å². The second kappa shape index (κ2) is 3.82. The Hall–Kier alpha value is -1.94. The highest BCUT2D eigenvalue weighted by Gasteiger charge is 2.07. The molecule has 17 heavy (non-hydrogen) atoms. The Morgan fingerprint density at radius 3 is 2.82 bits per heavy atom. The molecule has 3 aromatic rings. The van der Waals surface area contributed by atoms with Crippen LogP contribution in [0.5, 0.6) is 0 Å². The molecule has 2 aromatic heterocycles. The highest BCUT2D eigenvalue weighted by Crippen LogP contribution is 2.29. The molecule has 0 radical (unpaired) electrons. The van der Waals surface area contributed by atoms with Gasteiger partial charge < -0.3 is 5.73 Å². The van der Waals surface area contributed by atoms with Crippen LogP contribution in [0.25, 0.3) is 20.9 Å². The number of nitrogens with two attached hydrogens (primary N) is 1. The van der Waals surface area contributed by atoms with Crippen molar-refractivity contribution in [3.05, 3.63) is 42.1 Å². The van der Waals surface area contributed by atoms with Gasteiger partial charge in [0.25, 0.3) is 0 Å². The van der Waals surface area contributed by atoms with Gasteiger partial charge in [-0.2, -0.15) is 0 Å². The number of aromatic nitrogens is 2. The van der Waals surface area contributed by atoms with Gasteiger partial charge >= 0.3 is 0 Å². The molecule has 0 aliphatic rings. The molecular weight excluding hydrogens is 230 g/mol. The molecule has 0 aliphatic carbocycles. The third-order valence-corrected chi connectivity index (χ3v) is 3.59. The van der Waals surface area contributed by atoms with Crippen molar-refractivity contribution in [2.45, 2.75) is 6.92 Å². The molecular formula is C13H11N3S. The number of pyridine rings is 1. The summed E-state index contributed by atoms with van der Waals surface area (Å²) in [6.07, 6.45) is 1.66.